The van der Waals surface area contributed by atoms with Crippen LogP contribution >= 0.6 is 0 Å². The number of pyridine rings is 1. The fourth-order valence-corrected chi connectivity index (χ4v) is 14.5. The molecule has 4 N–H and O–H groups in total. The Morgan fingerprint density at radius 2 is 1.75 bits per heavy atom. The minimum Gasteiger partial charge on any atom is -0.468 e. The number of nitro benzene ring substituents is 1. The third kappa shape index (κ3) is 8.89. The number of aromatic amines is 1. The van der Waals surface area contributed by atoms with Crippen molar-refractivity contribution in [3.63, 3.8) is 0 Å². The zero-order chi connectivity index (χ0) is 50.4. The molecule has 2 bridgehead atoms. The van der Waals surface area contributed by atoms with Gasteiger partial charge in [0.1, 0.15) is 23.1 Å². The molecule has 1 amide bonds. The molecule has 2 aliphatic carbocycles. The quantitative estimate of drug-likeness (QED) is 0.0682. The van der Waals surface area contributed by atoms with Crippen molar-refractivity contribution in [2.45, 2.75) is 138 Å². The number of H-pyrrole nitrogens is 1. The summed E-state index contributed by atoms with van der Waals surface area (Å²) in [5.41, 5.74) is 4.96. The Labute approximate surface area is 426 Å². The summed E-state index contributed by atoms with van der Waals surface area (Å²) in [6, 6.07) is 23.1. The van der Waals surface area contributed by atoms with Crippen LogP contribution in [-0.4, -0.2) is 115 Å². The lowest BCUT2D eigenvalue weighted by Gasteiger charge is -2.57. The van der Waals surface area contributed by atoms with Crippen molar-refractivity contribution >= 4 is 55.4 Å². The number of hydrogen-bond donors (Lipinski definition) is 4. The van der Waals surface area contributed by atoms with Gasteiger partial charge in [-0.15, -0.1) is 0 Å². The van der Waals surface area contributed by atoms with Crippen LogP contribution < -0.4 is 24.6 Å². The van der Waals surface area contributed by atoms with Crippen LogP contribution in [0.2, 0.25) is 0 Å². The topological polar surface area (TPSA) is 205 Å². The van der Waals surface area contributed by atoms with E-state index in [-0.39, 0.29) is 40.8 Å². The number of carbonyl (C=O) groups excluding carboxylic acids is 1. The number of morpholine rings is 1. The number of benzene rings is 3. The number of hydrogen-bond acceptors (Lipinski definition) is 14. The lowest BCUT2D eigenvalue weighted by Crippen LogP contribution is -2.58. The molecule has 3 aromatic carbocycles. The number of sulfonamides is 1. The van der Waals surface area contributed by atoms with Gasteiger partial charge in [-0.3, -0.25) is 19.8 Å². The molecule has 7 heterocycles. The first kappa shape index (κ1) is 48.2. The summed E-state index contributed by atoms with van der Waals surface area (Å²) >= 11 is 0. The molecule has 386 valence electrons. The Hall–Kier alpha value is -5.79. The average Bonchev–Trinajstić information content (AvgIpc) is 4.14. The Morgan fingerprint density at radius 3 is 2.53 bits per heavy atom. The molecule has 4 saturated heterocycles. The number of ether oxygens (including phenoxy) is 3. The molecule has 18 heteroatoms. The van der Waals surface area contributed by atoms with Crippen LogP contribution in [0.3, 0.4) is 0 Å². The van der Waals surface area contributed by atoms with Crippen molar-refractivity contribution in [3.8, 4) is 5.88 Å². The highest BCUT2D eigenvalue weighted by atomic mass is 32.2. The molecule has 5 aliphatic heterocycles. The number of aromatic nitrogens is 2. The Balaban J connectivity index is 0.818. The van der Waals surface area contributed by atoms with Crippen LogP contribution in [0, 0.1) is 21.4 Å². The number of likely N-dealkylation sites (tertiary alicyclic amines) is 1. The van der Waals surface area contributed by atoms with Crippen LogP contribution in [0.4, 0.5) is 28.4 Å². The van der Waals surface area contributed by atoms with Gasteiger partial charge in [0.2, 0.25) is 5.88 Å². The zero-order valence-electron chi connectivity index (χ0n) is 41.8. The first-order valence-electron chi connectivity index (χ1n) is 26.3. The summed E-state index contributed by atoms with van der Waals surface area (Å²) in [4.78, 5) is 41.4. The van der Waals surface area contributed by atoms with E-state index in [2.05, 4.69) is 67.8 Å². The largest absolute Gasteiger partial charge is 0.468 e. The first-order valence-corrected chi connectivity index (χ1v) is 27.8. The molecule has 6 fully saturated rings. The third-order valence-electron chi connectivity index (χ3n) is 17.5. The molecule has 7 aliphatic rings. The van der Waals surface area contributed by atoms with Gasteiger partial charge in [0, 0.05) is 61.7 Å². The number of carbonyl (C=O) groups is 1. The molecule has 12 rings (SSSR count). The molecule has 0 radical (unpaired) electrons. The monoisotopic (exact) mass is 1010 g/mol. The van der Waals surface area contributed by atoms with Crippen LogP contribution in [0.1, 0.15) is 118 Å². The van der Waals surface area contributed by atoms with Crippen LogP contribution in [-0.2, 0) is 19.5 Å². The maximum atomic E-state index is 14.7. The predicted octanol–water partition coefficient (Wildman–Crippen LogP) is 8.72. The highest BCUT2D eigenvalue weighted by Crippen LogP contribution is 2.57. The number of amides is 1. The van der Waals surface area contributed by atoms with Crippen molar-refractivity contribution < 1.29 is 37.5 Å². The van der Waals surface area contributed by atoms with Gasteiger partial charge in [-0.2, -0.15) is 4.98 Å². The Kier molecular flexibility index (Phi) is 12.2. The number of fused-ring (bicyclic) bond motifs is 5. The SMILES string of the molecule is CC(C)c1ccccc1[C@@H]1[C@@H]2C[C@@H](CO2)N1C1CC2(CCN(c3ccc(C(=O)NS(=O)(=O)c4ccc(NC[C@H]5CC[C@](C)(O)CC5)c([N+](=O)[O-])c4)c(N4c5cc6cc[nH]c6nc5O[C@H]5COCC[C@@H]54)c3)CC2)C1. The van der Waals surface area contributed by atoms with Crippen molar-refractivity contribution in [2.75, 3.05) is 54.6 Å². The van der Waals surface area contributed by atoms with Crippen molar-refractivity contribution in [2.24, 2.45) is 11.3 Å². The molecule has 5 atom stereocenters. The van der Waals surface area contributed by atoms with E-state index in [0.29, 0.717) is 79.9 Å². The minimum atomic E-state index is -4.62. The van der Waals surface area contributed by atoms with E-state index in [4.69, 9.17) is 19.2 Å². The molecule has 5 aromatic rings. The minimum absolute atomic E-state index is 0.117. The third-order valence-corrected chi connectivity index (χ3v) is 18.9. The summed E-state index contributed by atoms with van der Waals surface area (Å²) in [5.74, 6) is 0.128. The number of nitro groups is 1. The van der Waals surface area contributed by atoms with E-state index in [9.17, 15) is 28.4 Å². The summed E-state index contributed by atoms with van der Waals surface area (Å²) in [6.07, 6.45) is 10.5. The highest BCUT2D eigenvalue weighted by Gasteiger charge is 2.57. The Morgan fingerprint density at radius 1 is 0.959 bits per heavy atom. The summed E-state index contributed by atoms with van der Waals surface area (Å²) < 4.78 is 49.5. The lowest BCUT2D eigenvalue weighted by molar-refractivity contribution is -0.384. The number of anilines is 4. The molecular formula is C55H66N8O9S. The average molecular weight is 1020 g/mol. The van der Waals surface area contributed by atoms with Crippen molar-refractivity contribution in [1.82, 2.24) is 19.6 Å². The van der Waals surface area contributed by atoms with Crippen molar-refractivity contribution in [3.05, 3.63) is 106 Å². The second-order valence-corrected chi connectivity index (χ2v) is 24.2. The van der Waals surface area contributed by atoms with Gasteiger partial charge in [0.05, 0.1) is 58.1 Å². The van der Waals surface area contributed by atoms with E-state index < -0.39 is 43.1 Å². The van der Waals surface area contributed by atoms with E-state index in [0.717, 1.165) is 81.8 Å². The molecule has 2 aromatic heterocycles. The van der Waals surface area contributed by atoms with Crippen molar-refractivity contribution in [1.29, 1.82) is 0 Å². The predicted molar refractivity (Wildman–Crippen MR) is 277 cm³/mol. The fraction of sp³-hybridized carbons (Fsp3) is 0.527. The summed E-state index contributed by atoms with van der Waals surface area (Å²) in [5, 5.41) is 26.8. The summed E-state index contributed by atoms with van der Waals surface area (Å²) in [7, 11) is -4.62. The van der Waals surface area contributed by atoms with E-state index in [1.165, 1.54) is 23.3 Å². The first-order chi connectivity index (χ1) is 35.1. The molecular weight excluding hydrogens is 949 g/mol. The van der Waals surface area contributed by atoms with Gasteiger partial charge in [-0.05, 0) is 142 Å². The smallest absolute Gasteiger partial charge is 0.293 e. The van der Waals surface area contributed by atoms with Gasteiger partial charge in [-0.1, -0.05) is 38.1 Å². The standard InChI is InChI=1S/C55H66N8O9S/c1-33(2)40-6-4-5-7-41(40)50-48-26-37(31-71-48)61(50)38-28-55(29-38)18-21-60(22-19-55)36-8-10-42(45(25-36)62-44-15-23-70-32-49(44)72-53-47(62)24-35-14-20-56-51(35)58-53)52(64)59-73(68,69)39-9-11-43(46(27-39)63(66)67)57-30-34-12-16-54(3,65)17-13-34/h4-11,14,20,24-25,27,33-34,37-38,44,48-50,57,65H,12-13,15-19,21-23,26,28-32H2,1-3H3,(H,56,58)(H,59,64)/t34-,37-,44-,48-,49-,50+,54-/m0/s1. The van der Waals surface area contributed by atoms with Gasteiger partial charge in [0.25, 0.3) is 21.6 Å². The van der Waals surface area contributed by atoms with E-state index in [1.54, 1.807) is 6.07 Å². The van der Waals surface area contributed by atoms with Crippen LogP contribution in [0.5, 0.6) is 5.88 Å². The van der Waals surface area contributed by atoms with Crippen LogP contribution in [0.15, 0.2) is 83.9 Å². The molecule has 1 spiro atoms. The number of nitrogens with one attached hydrogen (secondary N) is 3. The number of rotatable bonds is 12. The fourth-order valence-electron chi connectivity index (χ4n) is 13.5. The maximum Gasteiger partial charge on any atom is 0.293 e. The van der Waals surface area contributed by atoms with Crippen LogP contribution in [0.25, 0.3) is 11.0 Å². The number of piperidine rings is 1. The highest BCUT2D eigenvalue weighted by molar-refractivity contribution is 7.90. The normalized spacial score (nSPS) is 27.9. The molecule has 73 heavy (non-hydrogen) atoms. The molecule has 17 nitrogen and oxygen atoms in total. The zero-order valence-corrected chi connectivity index (χ0v) is 42.6. The molecule has 0 unspecified atom stereocenters. The second kappa shape index (κ2) is 18.5. The van der Waals surface area contributed by atoms with E-state index in [1.807, 2.05) is 37.4 Å². The maximum absolute atomic E-state index is 14.7. The van der Waals surface area contributed by atoms with E-state index >= 15 is 0 Å². The van der Waals surface area contributed by atoms with Gasteiger partial charge < -0.3 is 39.4 Å². The summed E-state index contributed by atoms with van der Waals surface area (Å²) in [6.45, 7) is 10.1. The Bertz CT molecular complexity index is 3050. The number of aliphatic hydroxyl groups is 1. The van der Waals surface area contributed by atoms with Gasteiger partial charge in [0.15, 0.2) is 0 Å². The van der Waals surface area contributed by atoms with Gasteiger partial charge in [-0.25, -0.2) is 13.1 Å². The van der Waals surface area contributed by atoms with Gasteiger partial charge >= 0.3 is 0 Å². The number of nitrogens with zero attached hydrogens (tertiary/aromatic N) is 5. The second-order valence-electron chi connectivity index (χ2n) is 22.6. The molecule has 2 saturated carbocycles. The lowest BCUT2D eigenvalue weighted by atomic mass is 9.59.